The summed E-state index contributed by atoms with van der Waals surface area (Å²) in [7, 11) is 0. The first-order valence-corrected chi connectivity index (χ1v) is 6.39. The topological polar surface area (TPSA) is 55.5 Å². The fraction of sp³-hybridized carbons (Fsp3) is 0.571. The van der Waals surface area contributed by atoms with E-state index in [1.807, 2.05) is 12.1 Å². The average molecular weight is 237 g/mol. The number of hydrogen-bond donors (Lipinski definition) is 2. The first kappa shape index (κ1) is 14.0. The Hall–Kier alpha value is -1.06. The van der Waals surface area contributed by atoms with Crippen LogP contribution in [0.1, 0.15) is 31.2 Å². The highest BCUT2D eigenvalue weighted by Crippen LogP contribution is 2.13. The van der Waals surface area contributed by atoms with Crippen molar-refractivity contribution in [1.29, 1.82) is 0 Å². The van der Waals surface area contributed by atoms with E-state index in [1.54, 1.807) is 0 Å². The number of aliphatic hydroxyl groups excluding tert-OH is 1. The second kappa shape index (κ2) is 9.02. The largest absolute Gasteiger partial charge is 0.494 e. The Morgan fingerprint density at radius 3 is 2.35 bits per heavy atom. The number of unbranched alkanes of at least 4 members (excludes halogenated alkanes) is 3. The van der Waals surface area contributed by atoms with E-state index in [4.69, 9.17) is 15.6 Å². The molecule has 0 saturated carbocycles. The quantitative estimate of drug-likeness (QED) is 0.647. The second-order valence-electron chi connectivity index (χ2n) is 4.17. The van der Waals surface area contributed by atoms with Crippen molar-refractivity contribution in [3.05, 3.63) is 29.8 Å². The molecule has 0 unspecified atom stereocenters. The van der Waals surface area contributed by atoms with Crippen LogP contribution in [0.4, 0.5) is 0 Å². The molecular weight excluding hydrogens is 214 g/mol. The van der Waals surface area contributed by atoms with Crippen LogP contribution in [0.15, 0.2) is 24.3 Å². The summed E-state index contributed by atoms with van der Waals surface area (Å²) >= 11 is 0. The summed E-state index contributed by atoms with van der Waals surface area (Å²) in [6.45, 7) is 1.73. The Morgan fingerprint density at radius 2 is 1.71 bits per heavy atom. The van der Waals surface area contributed by atoms with E-state index in [0.29, 0.717) is 13.2 Å². The van der Waals surface area contributed by atoms with Gasteiger partial charge in [0.05, 0.1) is 6.61 Å². The third-order valence-electron chi connectivity index (χ3n) is 2.68. The molecule has 1 aromatic rings. The maximum absolute atomic E-state index is 8.63. The van der Waals surface area contributed by atoms with Crippen LogP contribution in [0, 0.1) is 0 Å². The normalized spacial score (nSPS) is 10.5. The van der Waals surface area contributed by atoms with Gasteiger partial charge < -0.3 is 15.6 Å². The molecule has 0 aliphatic heterocycles. The van der Waals surface area contributed by atoms with Crippen molar-refractivity contribution in [3.63, 3.8) is 0 Å². The molecule has 96 valence electrons. The van der Waals surface area contributed by atoms with Crippen LogP contribution in [0.5, 0.6) is 5.75 Å². The zero-order valence-corrected chi connectivity index (χ0v) is 10.4. The van der Waals surface area contributed by atoms with Gasteiger partial charge in [0.1, 0.15) is 5.75 Å². The molecule has 3 heteroatoms. The lowest BCUT2D eigenvalue weighted by Crippen LogP contribution is -2.02. The van der Waals surface area contributed by atoms with E-state index in [2.05, 4.69) is 12.1 Å². The minimum absolute atomic E-state index is 0.295. The van der Waals surface area contributed by atoms with Gasteiger partial charge in [-0.15, -0.1) is 0 Å². The van der Waals surface area contributed by atoms with Crippen LogP contribution in [-0.4, -0.2) is 24.9 Å². The average Bonchev–Trinajstić information content (AvgIpc) is 2.36. The highest BCUT2D eigenvalue weighted by molar-refractivity contribution is 5.27. The Balaban J connectivity index is 2.14. The van der Waals surface area contributed by atoms with Crippen LogP contribution in [-0.2, 0) is 6.42 Å². The van der Waals surface area contributed by atoms with Gasteiger partial charge in [-0.2, -0.15) is 0 Å². The molecule has 0 bridgehead atoms. The molecule has 1 aromatic carbocycles. The Kier molecular flexibility index (Phi) is 7.43. The zero-order chi connectivity index (χ0) is 12.3. The predicted octanol–water partition coefficient (Wildman–Crippen LogP) is 2.12. The molecule has 3 nitrogen and oxygen atoms in total. The van der Waals surface area contributed by atoms with Crippen molar-refractivity contribution in [1.82, 2.24) is 0 Å². The Morgan fingerprint density at radius 1 is 1.00 bits per heavy atom. The molecule has 0 heterocycles. The highest BCUT2D eigenvalue weighted by atomic mass is 16.5. The number of hydrogen-bond acceptors (Lipinski definition) is 3. The van der Waals surface area contributed by atoms with Crippen molar-refractivity contribution in [2.24, 2.45) is 5.73 Å². The summed E-state index contributed by atoms with van der Waals surface area (Å²) in [5, 5.41) is 8.63. The van der Waals surface area contributed by atoms with Crippen molar-refractivity contribution < 1.29 is 9.84 Å². The number of aliphatic hydroxyl groups is 1. The minimum Gasteiger partial charge on any atom is -0.494 e. The fourth-order valence-electron chi connectivity index (χ4n) is 1.68. The van der Waals surface area contributed by atoms with Gasteiger partial charge in [0.2, 0.25) is 0 Å². The molecule has 0 aliphatic carbocycles. The number of ether oxygens (including phenoxy) is 1. The maximum atomic E-state index is 8.63. The summed E-state index contributed by atoms with van der Waals surface area (Å²) in [4.78, 5) is 0. The first-order valence-electron chi connectivity index (χ1n) is 6.39. The van der Waals surface area contributed by atoms with E-state index in [0.717, 1.165) is 44.5 Å². The van der Waals surface area contributed by atoms with Gasteiger partial charge in [0.15, 0.2) is 0 Å². The zero-order valence-electron chi connectivity index (χ0n) is 10.4. The van der Waals surface area contributed by atoms with Gasteiger partial charge in [0.25, 0.3) is 0 Å². The smallest absolute Gasteiger partial charge is 0.119 e. The molecule has 0 fully saturated rings. The van der Waals surface area contributed by atoms with E-state index in [1.165, 1.54) is 5.56 Å². The molecule has 0 aliphatic rings. The van der Waals surface area contributed by atoms with Gasteiger partial charge in [-0.1, -0.05) is 18.6 Å². The van der Waals surface area contributed by atoms with Gasteiger partial charge in [-0.25, -0.2) is 0 Å². The molecule has 0 spiro atoms. The summed E-state index contributed by atoms with van der Waals surface area (Å²) in [5.41, 5.74) is 6.74. The summed E-state index contributed by atoms with van der Waals surface area (Å²) in [5.74, 6) is 0.924. The van der Waals surface area contributed by atoms with Crippen molar-refractivity contribution >= 4 is 0 Å². The Labute approximate surface area is 104 Å². The second-order valence-corrected chi connectivity index (χ2v) is 4.17. The van der Waals surface area contributed by atoms with E-state index >= 15 is 0 Å². The van der Waals surface area contributed by atoms with Crippen LogP contribution in [0.3, 0.4) is 0 Å². The van der Waals surface area contributed by atoms with Gasteiger partial charge >= 0.3 is 0 Å². The monoisotopic (exact) mass is 237 g/mol. The van der Waals surface area contributed by atoms with E-state index in [-0.39, 0.29) is 0 Å². The van der Waals surface area contributed by atoms with Crippen LogP contribution < -0.4 is 10.5 Å². The standard InChI is InChI=1S/C14H23NO2/c15-10-9-13-5-7-14(8-6-13)17-12-4-2-1-3-11-16/h5-8,16H,1-4,9-12,15H2. The number of rotatable bonds is 9. The van der Waals surface area contributed by atoms with Crippen molar-refractivity contribution in [3.8, 4) is 5.75 Å². The molecule has 0 saturated heterocycles. The number of benzene rings is 1. The molecule has 17 heavy (non-hydrogen) atoms. The van der Waals surface area contributed by atoms with Gasteiger partial charge in [0, 0.05) is 6.61 Å². The Bertz CT molecular complexity index is 285. The molecule has 1 rings (SSSR count). The highest BCUT2D eigenvalue weighted by Gasteiger charge is 1.95. The van der Waals surface area contributed by atoms with Gasteiger partial charge in [-0.3, -0.25) is 0 Å². The summed E-state index contributed by atoms with van der Waals surface area (Å²) < 4.78 is 5.63. The lowest BCUT2D eigenvalue weighted by molar-refractivity contribution is 0.273. The molecule has 3 N–H and O–H groups in total. The molecule has 0 atom stereocenters. The maximum Gasteiger partial charge on any atom is 0.119 e. The van der Waals surface area contributed by atoms with Crippen LogP contribution in [0.2, 0.25) is 0 Å². The van der Waals surface area contributed by atoms with Crippen molar-refractivity contribution in [2.75, 3.05) is 19.8 Å². The predicted molar refractivity (Wildman–Crippen MR) is 70.2 cm³/mol. The minimum atomic E-state index is 0.295. The van der Waals surface area contributed by atoms with Gasteiger partial charge in [-0.05, 0) is 49.9 Å². The lowest BCUT2D eigenvalue weighted by atomic mass is 10.1. The van der Waals surface area contributed by atoms with E-state index < -0.39 is 0 Å². The molecule has 0 aromatic heterocycles. The lowest BCUT2D eigenvalue weighted by Gasteiger charge is -2.06. The van der Waals surface area contributed by atoms with E-state index in [9.17, 15) is 0 Å². The number of nitrogens with two attached hydrogens (primary N) is 1. The SMILES string of the molecule is NCCc1ccc(OCCCCCCO)cc1. The molecular formula is C14H23NO2. The first-order chi connectivity index (χ1) is 8.36. The molecule has 0 radical (unpaired) electrons. The third-order valence-corrected chi connectivity index (χ3v) is 2.68. The van der Waals surface area contributed by atoms with Crippen LogP contribution in [0.25, 0.3) is 0 Å². The summed E-state index contributed by atoms with van der Waals surface area (Å²) in [6, 6.07) is 8.12. The van der Waals surface area contributed by atoms with Crippen molar-refractivity contribution in [2.45, 2.75) is 32.1 Å². The fourth-order valence-corrected chi connectivity index (χ4v) is 1.68. The summed E-state index contributed by atoms with van der Waals surface area (Å²) in [6.07, 6.45) is 5.06. The molecule has 0 amide bonds. The third kappa shape index (κ3) is 6.29. The van der Waals surface area contributed by atoms with Crippen LogP contribution >= 0.6 is 0 Å².